The third kappa shape index (κ3) is 2.96. The van der Waals surface area contributed by atoms with Gasteiger partial charge in [-0.25, -0.2) is 9.37 Å². The molecule has 0 unspecified atom stereocenters. The summed E-state index contributed by atoms with van der Waals surface area (Å²) in [4.78, 5) is 28.8. The first kappa shape index (κ1) is 14.9. The van der Waals surface area contributed by atoms with Gasteiger partial charge >= 0.3 is 0 Å². The number of halogens is 1. The molecule has 0 saturated carbocycles. The van der Waals surface area contributed by atoms with Crippen LogP contribution in [0.25, 0.3) is 10.9 Å². The van der Waals surface area contributed by atoms with Gasteiger partial charge in [0.15, 0.2) is 0 Å². The van der Waals surface area contributed by atoms with Gasteiger partial charge in [-0.15, -0.1) is 0 Å². The van der Waals surface area contributed by atoms with E-state index in [2.05, 4.69) is 15.4 Å². The molecule has 2 aromatic heterocycles. The summed E-state index contributed by atoms with van der Waals surface area (Å²) in [6.07, 6.45) is 3.14. The van der Waals surface area contributed by atoms with E-state index in [1.54, 1.807) is 24.9 Å². The van der Waals surface area contributed by atoms with E-state index in [-0.39, 0.29) is 17.8 Å². The molecule has 0 aliphatic heterocycles. The molecule has 0 atom stereocenters. The zero-order chi connectivity index (χ0) is 16.6. The van der Waals surface area contributed by atoms with Gasteiger partial charge < -0.3 is 5.32 Å². The van der Waals surface area contributed by atoms with Gasteiger partial charge in [-0.3, -0.25) is 18.8 Å². The second kappa shape index (κ2) is 5.64. The smallest absolute Gasteiger partial charge is 0.261 e. The van der Waals surface area contributed by atoms with Crippen LogP contribution in [-0.4, -0.2) is 25.2 Å². The Bertz CT molecular complexity index is 960. The lowest BCUT2D eigenvalue weighted by Gasteiger charge is -2.10. The van der Waals surface area contributed by atoms with Crippen LogP contribution in [-0.2, 0) is 18.4 Å². The normalized spacial score (nSPS) is 10.9. The minimum Gasteiger partial charge on any atom is -0.322 e. The van der Waals surface area contributed by atoms with E-state index < -0.39 is 11.4 Å². The van der Waals surface area contributed by atoms with Crippen molar-refractivity contribution in [1.29, 1.82) is 0 Å². The predicted molar refractivity (Wildman–Crippen MR) is 82.5 cm³/mol. The molecular formula is C15H14FN5O2. The summed E-state index contributed by atoms with van der Waals surface area (Å²) in [5.41, 5.74) is 0.481. The van der Waals surface area contributed by atoms with Gasteiger partial charge in [-0.2, -0.15) is 5.10 Å². The molecule has 118 valence electrons. The van der Waals surface area contributed by atoms with Crippen molar-refractivity contribution >= 4 is 22.5 Å². The Balaban J connectivity index is 1.93. The van der Waals surface area contributed by atoms with Crippen LogP contribution >= 0.6 is 0 Å². The highest BCUT2D eigenvalue weighted by molar-refractivity contribution is 5.90. The highest BCUT2D eigenvalue weighted by Gasteiger charge is 2.12. The number of nitrogens with zero attached hydrogens (tertiary/aromatic N) is 4. The van der Waals surface area contributed by atoms with Crippen LogP contribution in [0.1, 0.15) is 5.82 Å². The molecule has 3 rings (SSSR count). The van der Waals surface area contributed by atoms with Crippen molar-refractivity contribution in [3.8, 4) is 0 Å². The SMILES string of the molecule is Cc1nc2ccc(F)cc2c(=O)n1CC(=O)Nc1cnn(C)c1. The lowest BCUT2D eigenvalue weighted by Crippen LogP contribution is -2.30. The van der Waals surface area contributed by atoms with Crippen LogP contribution in [0.15, 0.2) is 35.4 Å². The number of carbonyl (C=O) groups is 1. The predicted octanol–water partition coefficient (Wildman–Crippen LogP) is 1.22. The van der Waals surface area contributed by atoms with Crippen molar-refractivity contribution in [1.82, 2.24) is 19.3 Å². The maximum Gasteiger partial charge on any atom is 0.261 e. The number of aryl methyl sites for hydroxylation is 2. The fraction of sp³-hybridized carbons (Fsp3) is 0.200. The van der Waals surface area contributed by atoms with Crippen molar-refractivity contribution in [2.75, 3.05) is 5.32 Å². The molecule has 0 radical (unpaired) electrons. The van der Waals surface area contributed by atoms with E-state index in [0.717, 1.165) is 6.07 Å². The molecule has 1 amide bonds. The van der Waals surface area contributed by atoms with Crippen molar-refractivity contribution in [3.63, 3.8) is 0 Å². The van der Waals surface area contributed by atoms with Gasteiger partial charge in [-0.05, 0) is 25.1 Å². The van der Waals surface area contributed by atoms with Crippen molar-refractivity contribution < 1.29 is 9.18 Å². The fourth-order valence-electron chi connectivity index (χ4n) is 2.32. The Morgan fingerprint density at radius 1 is 1.39 bits per heavy atom. The Morgan fingerprint density at radius 2 is 2.17 bits per heavy atom. The Hall–Kier alpha value is -3.03. The lowest BCUT2D eigenvalue weighted by molar-refractivity contribution is -0.116. The number of anilines is 1. The Kier molecular flexibility index (Phi) is 3.65. The van der Waals surface area contributed by atoms with Crippen molar-refractivity contribution in [2.24, 2.45) is 7.05 Å². The largest absolute Gasteiger partial charge is 0.322 e. The summed E-state index contributed by atoms with van der Waals surface area (Å²) >= 11 is 0. The fourth-order valence-corrected chi connectivity index (χ4v) is 2.32. The standard InChI is InChI=1S/C15H14FN5O2/c1-9-18-13-4-3-10(16)5-12(13)15(23)21(9)8-14(22)19-11-6-17-20(2)7-11/h3-7H,8H2,1-2H3,(H,19,22). The quantitative estimate of drug-likeness (QED) is 0.788. The maximum absolute atomic E-state index is 13.3. The van der Waals surface area contributed by atoms with E-state index in [1.807, 2.05) is 0 Å². The number of benzene rings is 1. The monoisotopic (exact) mass is 315 g/mol. The van der Waals surface area contributed by atoms with E-state index in [1.165, 1.54) is 22.9 Å². The molecular weight excluding hydrogens is 301 g/mol. The van der Waals surface area contributed by atoms with Gasteiger partial charge in [-0.1, -0.05) is 0 Å². The molecule has 0 aliphatic carbocycles. The number of amides is 1. The number of hydrogen-bond acceptors (Lipinski definition) is 4. The molecule has 1 aromatic carbocycles. The zero-order valence-corrected chi connectivity index (χ0v) is 12.6. The second-order valence-electron chi connectivity index (χ2n) is 5.16. The minimum atomic E-state index is -0.522. The first-order chi connectivity index (χ1) is 10.9. The van der Waals surface area contributed by atoms with Crippen LogP contribution in [0.4, 0.5) is 10.1 Å². The lowest BCUT2D eigenvalue weighted by atomic mass is 10.2. The van der Waals surface area contributed by atoms with Crippen LogP contribution in [0.2, 0.25) is 0 Å². The third-order valence-corrected chi connectivity index (χ3v) is 3.40. The van der Waals surface area contributed by atoms with E-state index in [9.17, 15) is 14.0 Å². The zero-order valence-electron chi connectivity index (χ0n) is 12.6. The van der Waals surface area contributed by atoms with Crippen LogP contribution in [0.5, 0.6) is 0 Å². The van der Waals surface area contributed by atoms with Crippen LogP contribution in [0.3, 0.4) is 0 Å². The number of aromatic nitrogens is 4. The molecule has 0 saturated heterocycles. The number of nitrogens with one attached hydrogen (secondary N) is 1. The van der Waals surface area contributed by atoms with Gasteiger partial charge in [0.2, 0.25) is 5.91 Å². The van der Waals surface area contributed by atoms with E-state index in [4.69, 9.17) is 0 Å². The average molecular weight is 315 g/mol. The van der Waals surface area contributed by atoms with Crippen LogP contribution < -0.4 is 10.9 Å². The number of hydrogen-bond donors (Lipinski definition) is 1. The van der Waals surface area contributed by atoms with Crippen LogP contribution in [0, 0.1) is 12.7 Å². The first-order valence-corrected chi connectivity index (χ1v) is 6.89. The van der Waals surface area contributed by atoms with Gasteiger partial charge in [0, 0.05) is 13.2 Å². The summed E-state index contributed by atoms with van der Waals surface area (Å²) < 4.78 is 16.1. The highest BCUT2D eigenvalue weighted by Crippen LogP contribution is 2.10. The number of rotatable bonds is 3. The molecule has 1 N–H and O–H groups in total. The van der Waals surface area contributed by atoms with E-state index >= 15 is 0 Å². The highest BCUT2D eigenvalue weighted by atomic mass is 19.1. The van der Waals surface area contributed by atoms with Crippen molar-refractivity contribution in [3.05, 3.63) is 52.6 Å². The molecule has 0 spiro atoms. The number of fused-ring (bicyclic) bond motifs is 1. The molecule has 0 bridgehead atoms. The number of carbonyl (C=O) groups excluding carboxylic acids is 1. The van der Waals surface area contributed by atoms with Gasteiger partial charge in [0.05, 0.1) is 22.8 Å². The molecule has 8 heteroatoms. The topological polar surface area (TPSA) is 81.8 Å². The van der Waals surface area contributed by atoms with Gasteiger partial charge in [0.25, 0.3) is 5.56 Å². The Morgan fingerprint density at radius 3 is 2.87 bits per heavy atom. The summed E-state index contributed by atoms with van der Waals surface area (Å²) in [7, 11) is 1.73. The molecule has 3 aromatic rings. The first-order valence-electron chi connectivity index (χ1n) is 6.89. The third-order valence-electron chi connectivity index (χ3n) is 3.40. The molecule has 0 aliphatic rings. The maximum atomic E-state index is 13.3. The summed E-state index contributed by atoms with van der Waals surface area (Å²) in [6.45, 7) is 1.42. The molecule has 7 nitrogen and oxygen atoms in total. The second-order valence-corrected chi connectivity index (χ2v) is 5.16. The van der Waals surface area contributed by atoms with Crippen molar-refractivity contribution in [2.45, 2.75) is 13.5 Å². The average Bonchev–Trinajstić information content (AvgIpc) is 2.89. The van der Waals surface area contributed by atoms with E-state index in [0.29, 0.717) is 17.0 Å². The van der Waals surface area contributed by atoms with Gasteiger partial charge in [0.1, 0.15) is 18.2 Å². The molecule has 0 fully saturated rings. The summed E-state index contributed by atoms with van der Waals surface area (Å²) in [6, 6.07) is 3.81. The summed E-state index contributed by atoms with van der Waals surface area (Å²) in [5, 5.41) is 6.73. The Labute approximate surface area is 130 Å². The molecule has 2 heterocycles. The summed E-state index contributed by atoms with van der Waals surface area (Å²) in [5.74, 6) is -0.525. The minimum absolute atomic E-state index is 0.143. The molecule has 23 heavy (non-hydrogen) atoms.